The summed E-state index contributed by atoms with van der Waals surface area (Å²) >= 11 is 0. The summed E-state index contributed by atoms with van der Waals surface area (Å²) < 4.78 is 5.73. The molecule has 1 N–H and O–H groups in total. The fourth-order valence-corrected chi connectivity index (χ4v) is 3.78. The minimum absolute atomic E-state index is 0.0484. The Bertz CT molecular complexity index is 896. The van der Waals surface area contributed by atoms with E-state index >= 15 is 0 Å². The molecule has 0 spiro atoms. The largest absolute Gasteiger partial charge is 0.494 e. The van der Waals surface area contributed by atoms with Gasteiger partial charge < -0.3 is 19.7 Å². The standard InChI is InChI=1S/C26H32N2O4/c1-20(29)7-5-6-16-32-24-12-10-22(11-13-24)18-28-19-23(30)14-15-27-25(26(28)31)17-21-8-3-2-4-9-21/h2-4,8-13,25,27H,5-7,14-19H2,1H3/t25-/m0/s1. The molecular formula is C26H32N2O4. The first-order valence-corrected chi connectivity index (χ1v) is 11.3. The number of rotatable bonds is 10. The minimum Gasteiger partial charge on any atom is -0.494 e. The summed E-state index contributed by atoms with van der Waals surface area (Å²) in [5.41, 5.74) is 2.05. The van der Waals surface area contributed by atoms with Crippen LogP contribution in [0.4, 0.5) is 0 Å². The quantitative estimate of drug-likeness (QED) is 0.578. The van der Waals surface area contributed by atoms with Crippen LogP contribution in [0.15, 0.2) is 54.6 Å². The number of hydrogen-bond acceptors (Lipinski definition) is 5. The lowest BCUT2D eigenvalue weighted by Crippen LogP contribution is -2.51. The molecule has 0 saturated carbocycles. The molecule has 3 rings (SSSR count). The van der Waals surface area contributed by atoms with Crippen molar-refractivity contribution >= 4 is 17.5 Å². The summed E-state index contributed by atoms with van der Waals surface area (Å²) in [6.07, 6.45) is 3.27. The first kappa shape index (κ1) is 23.7. The average Bonchev–Trinajstić information content (AvgIpc) is 2.78. The molecule has 0 aromatic heterocycles. The van der Waals surface area contributed by atoms with Crippen LogP contribution in [0.5, 0.6) is 5.75 Å². The van der Waals surface area contributed by atoms with Crippen LogP contribution < -0.4 is 10.1 Å². The van der Waals surface area contributed by atoms with Crippen molar-refractivity contribution in [3.05, 3.63) is 65.7 Å². The van der Waals surface area contributed by atoms with Crippen LogP contribution in [0, 0.1) is 0 Å². The highest BCUT2D eigenvalue weighted by Crippen LogP contribution is 2.16. The molecule has 0 bridgehead atoms. The van der Waals surface area contributed by atoms with Crippen molar-refractivity contribution < 1.29 is 19.1 Å². The molecule has 1 aliphatic rings. The van der Waals surface area contributed by atoms with Crippen LogP contribution in [0.3, 0.4) is 0 Å². The van der Waals surface area contributed by atoms with E-state index in [0.717, 1.165) is 29.7 Å². The number of ketones is 2. The Morgan fingerprint density at radius 3 is 2.50 bits per heavy atom. The van der Waals surface area contributed by atoms with Crippen molar-refractivity contribution in [2.45, 2.75) is 51.6 Å². The van der Waals surface area contributed by atoms with E-state index < -0.39 is 0 Å². The maximum Gasteiger partial charge on any atom is 0.240 e. The van der Waals surface area contributed by atoms with Gasteiger partial charge in [-0.05, 0) is 49.4 Å². The highest BCUT2D eigenvalue weighted by Gasteiger charge is 2.28. The van der Waals surface area contributed by atoms with Gasteiger partial charge in [-0.15, -0.1) is 0 Å². The molecule has 1 aliphatic heterocycles. The zero-order valence-electron chi connectivity index (χ0n) is 18.7. The minimum atomic E-state index is -0.344. The van der Waals surface area contributed by atoms with E-state index in [-0.39, 0.29) is 30.1 Å². The van der Waals surface area contributed by atoms with Crippen LogP contribution in [0.1, 0.15) is 43.7 Å². The van der Waals surface area contributed by atoms with E-state index in [1.54, 1.807) is 11.8 Å². The number of benzene rings is 2. The summed E-state index contributed by atoms with van der Waals surface area (Å²) in [7, 11) is 0. The molecule has 6 nitrogen and oxygen atoms in total. The zero-order valence-corrected chi connectivity index (χ0v) is 18.7. The maximum absolute atomic E-state index is 13.2. The van der Waals surface area contributed by atoms with E-state index in [2.05, 4.69) is 5.32 Å². The van der Waals surface area contributed by atoms with E-state index in [0.29, 0.717) is 39.0 Å². The van der Waals surface area contributed by atoms with Gasteiger partial charge in [-0.2, -0.15) is 0 Å². The number of hydrogen-bond donors (Lipinski definition) is 1. The molecule has 1 saturated heterocycles. The first-order chi connectivity index (χ1) is 15.5. The van der Waals surface area contributed by atoms with Crippen LogP contribution in [-0.2, 0) is 27.3 Å². The van der Waals surface area contributed by atoms with Crippen molar-refractivity contribution in [1.82, 2.24) is 10.2 Å². The molecule has 1 atom stereocenters. The Morgan fingerprint density at radius 1 is 1.03 bits per heavy atom. The molecular weight excluding hydrogens is 404 g/mol. The molecule has 2 aromatic carbocycles. The second-order valence-electron chi connectivity index (χ2n) is 8.33. The van der Waals surface area contributed by atoms with E-state index in [9.17, 15) is 14.4 Å². The van der Waals surface area contributed by atoms with E-state index in [4.69, 9.17) is 4.74 Å². The predicted octanol–water partition coefficient (Wildman–Crippen LogP) is 3.33. The fourth-order valence-electron chi connectivity index (χ4n) is 3.78. The van der Waals surface area contributed by atoms with Gasteiger partial charge in [0.2, 0.25) is 5.91 Å². The number of unbranched alkanes of at least 4 members (excludes halogenated alkanes) is 1. The molecule has 1 amide bonds. The van der Waals surface area contributed by atoms with Gasteiger partial charge in [0, 0.05) is 25.9 Å². The highest BCUT2D eigenvalue weighted by atomic mass is 16.5. The maximum atomic E-state index is 13.2. The summed E-state index contributed by atoms with van der Waals surface area (Å²) in [6, 6.07) is 17.2. The molecule has 2 aromatic rings. The lowest BCUT2D eigenvalue weighted by molar-refractivity contribution is -0.139. The predicted molar refractivity (Wildman–Crippen MR) is 123 cm³/mol. The van der Waals surface area contributed by atoms with Crippen molar-refractivity contribution in [2.24, 2.45) is 0 Å². The summed E-state index contributed by atoms with van der Waals surface area (Å²) in [4.78, 5) is 38.1. The summed E-state index contributed by atoms with van der Waals surface area (Å²) in [6.45, 7) is 3.22. The molecule has 170 valence electrons. The Morgan fingerprint density at radius 2 is 1.78 bits per heavy atom. The monoisotopic (exact) mass is 436 g/mol. The van der Waals surface area contributed by atoms with Gasteiger partial charge in [0.15, 0.2) is 5.78 Å². The highest BCUT2D eigenvalue weighted by molar-refractivity contribution is 5.89. The lowest BCUT2D eigenvalue weighted by Gasteiger charge is -2.30. The Labute approximate surface area is 189 Å². The van der Waals surface area contributed by atoms with Gasteiger partial charge in [0.1, 0.15) is 11.5 Å². The van der Waals surface area contributed by atoms with Crippen LogP contribution in [0.25, 0.3) is 0 Å². The first-order valence-electron chi connectivity index (χ1n) is 11.3. The van der Waals surface area contributed by atoms with Gasteiger partial charge in [-0.1, -0.05) is 42.5 Å². The summed E-state index contributed by atoms with van der Waals surface area (Å²) in [5, 5.41) is 3.26. The summed E-state index contributed by atoms with van der Waals surface area (Å²) in [5.74, 6) is 0.977. The smallest absolute Gasteiger partial charge is 0.240 e. The molecule has 32 heavy (non-hydrogen) atoms. The molecule has 1 heterocycles. The van der Waals surface area contributed by atoms with Crippen LogP contribution >= 0.6 is 0 Å². The molecule has 1 fully saturated rings. The number of nitrogens with one attached hydrogen (secondary N) is 1. The third-order valence-corrected chi connectivity index (χ3v) is 5.54. The van der Waals surface area contributed by atoms with Crippen molar-refractivity contribution in [3.8, 4) is 5.75 Å². The van der Waals surface area contributed by atoms with Crippen molar-refractivity contribution in [3.63, 3.8) is 0 Å². The SMILES string of the molecule is CC(=O)CCCCOc1ccc(CN2CC(=O)CCN[C@@H](Cc3ccccc3)C2=O)cc1. The van der Waals surface area contributed by atoms with E-state index in [1.807, 2.05) is 54.6 Å². The van der Waals surface area contributed by atoms with E-state index in [1.165, 1.54) is 0 Å². The average molecular weight is 437 g/mol. The normalized spacial score (nSPS) is 17.0. The van der Waals surface area contributed by atoms with Crippen LogP contribution in [-0.4, -0.2) is 48.1 Å². The molecule has 0 radical (unpaired) electrons. The third kappa shape index (κ3) is 7.61. The fraction of sp³-hybridized carbons (Fsp3) is 0.423. The zero-order chi connectivity index (χ0) is 22.8. The second kappa shape index (κ2) is 12.2. The van der Waals surface area contributed by atoms with Gasteiger partial charge in [-0.25, -0.2) is 0 Å². The van der Waals surface area contributed by atoms with Gasteiger partial charge >= 0.3 is 0 Å². The lowest BCUT2D eigenvalue weighted by atomic mass is 10.0. The second-order valence-corrected chi connectivity index (χ2v) is 8.33. The van der Waals surface area contributed by atoms with Gasteiger partial charge in [0.25, 0.3) is 0 Å². The Balaban J connectivity index is 1.58. The molecule has 0 aliphatic carbocycles. The van der Waals surface area contributed by atoms with Crippen molar-refractivity contribution in [2.75, 3.05) is 19.7 Å². The number of Topliss-reactive ketones (excluding diaryl/α,β-unsaturated/α-hetero) is 2. The molecule has 6 heteroatoms. The number of amides is 1. The Kier molecular flexibility index (Phi) is 8.99. The van der Waals surface area contributed by atoms with Gasteiger partial charge in [-0.3, -0.25) is 9.59 Å². The van der Waals surface area contributed by atoms with Crippen molar-refractivity contribution in [1.29, 1.82) is 0 Å². The van der Waals surface area contributed by atoms with Gasteiger partial charge in [0.05, 0.1) is 19.2 Å². The molecule has 0 unspecified atom stereocenters. The Hall–Kier alpha value is -2.99. The number of ether oxygens (including phenoxy) is 1. The third-order valence-electron chi connectivity index (χ3n) is 5.54. The van der Waals surface area contributed by atoms with Crippen LogP contribution in [0.2, 0.25) is 0 Å². The number of carbonyl (C=O) groups is 3. The number of carbonyl (C=O) groups excluding carboxylic acids is 3. The number of nitrogens with zero attached hydrogens (tertiary/aromatic N) is 1. The topological polar surface area (TPSA) is 75.7 Å².